The van der Waals surface area contributed by atoms with Gasteiger partial charge in [0.25, 0.3) is 5.91 Å². The van der Waals surface area contributed by atoms with Gasteiger partial charge in [-0.25, -0.2) is 4.39 Å². The highest BCUT2D eigenvalue weighted by atomic mass is 32.3. The van der Waals surface area contributed by atoms with Crippen LogP contribution in [0.25, 0.3) is 0 Å². The molecular formula is C29H41FN6O4S. The van der Waals surface area contributed by atoms with Crippen LogP contribution in [-0.2, 0) is 19.5 Å². The van der Waals surface area contributed by atoms with Crippen molar-refractivity contribution in [3.8, 4) is 0 Å². The summed E-state index contributed by atoms with van der Waals surface area (Å²) in [5, 5.41) is 24.7. The van der Waals surface area contributed by atoms with Crippen molar-refractivity contribution in [2.45, 2.75) is 51.4 Å². The van der Waals surface area contributed by atoms with Crippen molar-refractivity contribution in [3.63, 3.8) is 0 Å². The Labute approximate surface area is 242 Å². The predicted octanol–water partition coefficient (Wildman–Crippen LogP) is 4.04. The van der Waals surface area contributed by atoms with E-state index >= 15 is 0 Å². The number of amides is 1. The number of aromatic nitrogens is 2. The number of aliphatic hydroxyl groups is 1. The summed E-state index contributed by atoms with van der Waals surface area (Å²) < 4.78 is 37.1. The molecule has 2 heterocycles. The molecule has 0 unspecified atom stereocenters. The number of hydrogen-bond acceptors (Lipinski definition) is 8. The third kappa shape index (κ3) is 8.66. The zero-order chi connectivity index (χ0) is 29.2. The number of nitrogens with zero attached hydrogens (tertiary/aromatic N) is 3. The fraction of sp³-hybridized carbons (Fsp3) is 0.448. The molecule has 10 nitrogen and oxygen atoms in total. The van der Waals surface area contributed by atoms with Crippen molar-refractivity contribution in [2.24, 2.45) is 0 Å². The Hall–Kier alpha value is -3.16. The van der Waals surface area contributed by atoms with E-state index in [4.69, 9.17) is 0 Å². The number of aryl methyl sites for hydroxylation is 1. The van der Waals surface area contributed by atoms with Gasteiger partial charge in [-0.2, -0.15) is 5.10 Å². The van der Waals surface area contributed by atoms with Crippen LogP contribution in [0.5, 0.6) is 0 Å². The number of carbonyl (C=O) groups excluding carboxylic acids is 1. The molecule has 1 amide bonds. The van der Waals surface area contributed by atoms with E-state index in [1.807, 2.05) is 43.3 Å². The second-order valence-electron chi connectivity index (χ2n) is 10.2. The third-order valence-corrected chi connectivity index (χ3v) is 8.93. The first-order valence-electron chi connectivity index (χ1n) is 14.0. The fourth-order valence-electron chi connectivity index (χ4n) is 4.91. The average molecular weight is 589 g/mol. The fourth-order valence-corrected chi connectivity index (χ4v) is 6.59. The molecule has 1 aromatic heterocycles. The number of hydrogen-bond donors (Lipinski definition) is 6. The number of rotatable bonds is 14. The first-order valence-corrected chi connectivity index (χ1v) is 15.7. The summed E-state index contributed by atoms with van der Waals surface area (Å²) in [5.41, 5.74) is 3.46. The van der Waals surface area contributed by atoms with Gasteiger partial charge >= 0.3 is 0 Å². The largest absolute Gasteiger partial charge is 0.390 e. The van der Waals surface area contributed by atoms with Gasteiger partial charge in [0.05, 0.1) is 36.3 Å². The smallest absolute Gasteiger partial charge is 0.251 e. The minimum Gasteiger partial charge on any atom is -0.390 e. The van der Waals surface area contributed by atoms with Crippen LogP contribution in [0.4, 0.5) is 15.8 Å². The molecule has 2 atom stereocenters. The second-order valence-corrected chi connectivity index (χ2v) is 12.3. The van der Waals surface area contributed by atoms with Crippen molar-refractivity contribution >= 4 is 28.1 Å². The van der Waals surface area contributed by atoms with Crippen LogP contribution in [0.15, 0.2) is 60.9 Å². The van der Waals surface area contributed by atoms with Gasteiger partial charge in [0.1, 0.15) is 6.67 Å². The minimum atomic E-state index is -2.96. The van der Waals surface area contributed by atoms with Crippen molar-refractivity contribution in [1.82, 2.24) is 20.4 Å². The number of alkyl halides is 1. The van der Waals surface area contributed by atoms with Gasteiger partial charge in [-0.05, 0) is 49.9 Å². The molecule has 0 aliphatic carbocycles. The standard InChI is InChI=1S/C29H41FN6O4S/c1-2-32-25-15-24(16-26(17-25)36-11-6-7-13-41(36,39)40)29(38)34-27(14-22-8-4-3-5-9-22)28(37)20-31-18-23-19-33-35(21-23)12-10-30/h3-5,8-9,15-17,19,21,27-28,31-32,37,39-40H,2,6-7,10-14,18,20H2,1H3,(H,34,38)/t27-,28+/m0/s1. The molecule has 0 radical (unpaired) electrons. The lowest BCUT2D eigenvalue weighted by molar-refractivity contribution is 0.0830. The second kappa shape index (κ2) is 14.6. The molecule has 0 bridgehead atoms. The summed E-state index contributed by atoms with van der Waals surface area (Å²) in [5.74, 6) is -0.0680. The summed E-state index contributed by atoms with van der Waals surface area (Å²) in [6.07, 6.45) is 4.49. The van der Waals surface area contributed by atoms with Gasteiger partial charge in [-0.3, -0.25) is 22.9 Å². The highest BCUT2D eigenvalue weighted by Gasteiger charge is 2.28. The van der Waals surface area contributed by atoms with Gasteiger partial charge in [-0.1, -0.05) is 30.3 Å². The highest BCUT2D eigenvalue weighted by molar-refractivity contribution is 8.25. The van der Waals surface area contributed by atoms with E-state index in [0.29, 0.717) is 48.7 Å². The third-order valence-electron chi connectivity index (χ3n) is 6.99. The summed E-state index contributed by atoms with van der Waals surface area (Å²) in [7, 11) is -2.96. The first-order chi connectivity index (χ1) is 19.8. The summed E-state index contributed by atoms with van der Waals surface area (Å²) in [4.78, 5) is 13.6. The molecule has 1 aliphatic heterocycles. The lowest BCUT2D eigenvalue weighted by Gasteiger charge is -2.47. The van der Waals surface area contributed by atoms with Crippen LogP contribution in [-0.4, -0.2) is 74.1 Å². The van der Waals surface area contributed by atoms with E-state index in [2.05, 4.69) is 21.0 Å². The van der Waals surface area contributed by atoms with Crippen molar-refractivity contribution in [3.05, 3.63) is 77.6 Å². The molecule has 1 saturated heterocycles. The van der Waals surface area contributed by atoms with E-state index < -0.39 is 29.6 Å². The Morgan fingerprint density at radius 3 is 2.68 bits per heavy atom. The van der Waals surface area contributed by atoms with Gasteiger partial charge in [0.2, 0.25) is 0 Å². The van der Waals surface area contributed by atoms with Gasteiger partial charge in [-0.15, -0.1) is 10.8 Å². The predicted molar refractivity (Wildman–Crippen MR) is 162 cm³/mol. The quantitative estimate of drug-likeness (QED) is 0.166. The lowest BCUT2D eigenvalue weighted by atomic mass is 10.00. The van der Waals surface area contributed by atoms with E-state index in [-0.39, 0.29) is 19.0 Å². The molecule has 6 N–H and O–H groups in total. The molecular weight excluding hydrogens is 547 g/mol. The van der Waals surface area contributed by atoms with E-state index in [1.165, 1.54) is 4.68 Å². The highest BCUT2D eigenvalue weighted by Crippen LogP contribution is 2.50. The normalized spacial score (nSPS) is 17.0. The molecule has 4 rings (SSSR count). The maximum atomic E-state index is 13.6. The number of benzene rings is 2. The van der Waals surface area contributed by atoms with Crippen LogP contribution < -0.4 is 20.3 Å². The average Bonchev–Trinajstić information content (AvgIpc) is 3.40. The molecule has 41 heavy (non-hydrogen) atoms. The van der Waals surface area contributed by atoms with Crippen LogP contribution >= 0.6 is 10.8 Å². The molecule has 1 fully saturated rings. The zero-order valence-corrected chi connectivity index (χ0v) is 24.2. The van der Waals surface area contributed by atoms with Crippen LogP contribution in [0.1, 0.15) is 41.3 Å². The molecule has 1 aliphatic rings. The topological polar surface area (TPSA) is 135 Å². The monoisotopic (exact) mass is 588 g/mol. The molecule has 224 valence electrons. The Morgan fingerprint density at radius 2 is 1.95 bits per heavy atom. The number of anilines is 2. The Morgan fingerprint density at radius 1 is 1.15 bits per heavy atom. The van der Waals surface area contributed by atoms with Crippen molar-refractivity contribution in [1.29, 1.82) is 0 Å². The maximum Gasteiger partial charge on any atom is 0.251 e. The van der Waals surface area contributed by atoms with E-state index in [1.54, 1.807) is 28.8 Å². The zero-order valence-electron chi connectivity index (χ0n) is 23.4. The van der Waals surface area contributed by atoms with E-state index in [9.17, 15) is 23.4 Å². The number of carbonyl (C=O) groups is 1. The minimum absolute atomic E-state index is 0.196. The van der Waals surface area contributed by atoms with Crippen molar-refractivity contribution in [2.75, 3.05) is 41.7 Å². The van der Waals surface area contributed by atoms with E-state index in [0.717, 1.165) is 24.0 Å². The number of nitrogens with one attached hydrogen (secondary N) is 3. The molecule has 12 heteroatoms. The first kappa shape index (κ1) is 30.8. The maximum absolute atomic E-state index is 13.6. The lowest BCUT2D eigenvalue weighted by Crippen LogP contribution is -2.48. The number of halogens is 1. The Balaban J connectivity index is 1.50. The summed E-state index contributed by atoms with van der Waals surface area (Å²) in [6.45, 7) is 3.43. The van der Waals surface area contributed by atoms with Crippen LogP contribution in [0.3, 0.4) is 0 Å². The van der Waals surface area contributed by atoms with Crippen LogP contribution in [0.2, 0.25) is 0 Å². The Kier molecular flexibility index (Phi) is 11.0. The summed E-state index contributed by atoms with van der Waals surface area (Å²) >= 11 is 0. The molecule has 3 aromatic rings. The van der Waals surface area contributed by atoms with Gasteiger partial charge in [0, 0.05) is 49.2 Å². The van der Waals surface area contributed by atoms with Gasteiger partial charge in [0.15, 0.2) is 0 Å². The number of aliphatic hydroxyl groups excluding tert-OH is 1. The molecule has 2 aromatic carbocycles. The van der Waals surface area contributed by atoms with Gasteiger partial charge < -0.3 is 21.1 Å². The molecule has 0 saturated carbocycles. The SMILES string of the molecule is CCNc1cc(C(=O)N[C@@H](Cc2ccccc2)[C@H](O)CNCc2cnn(CCF)c2)cc(N2CCCCS2(O)O)c1. The van der Waals surface area contributed by atoms with Crippen molar-refractivity contribution < 1.29 is 23.4 Å². The molecule has 0 spiro atoms. The van der Waals surface area contributed by atoms with Crippen LogP contribution in [0, 0.1) is 0 Å². The summed E-state index contributed by atoms with van der Waals surface area (Å²) in [6, 6.07) is 14.3. The Bertz CT molecular complexity index is 1260.